The molecule has 0 amide bonds. The normalized spacial score (nSPS) is 10.3. The van der Waals surface area contributed by atoms with E-state index >= 15 is 0 Å². The molecule has 8 heteroatoms. The number of anilines is 1. The molecule has 0 spiro atoms. The highest BCUT2D eigenvalue weighted by Crippen LogP contribution is 2.20. The molecule has 0 bridgehead atoms. The van der Waals surface area contributed by atoms with Gasteiger partial charge in [0.05, 0.1) is 13.0 Å². The Morgan fingerprint density at radius 3 is 2.86 bits per heavy atom. The van der Waals surface area contributed by atoms with Gasteiger partial charge < -0.3 is 10.1 Å². The number of halogens is 2. The van der Waals surface area contributed by atoms with Crippen LogP contribution in [-0.4, -0.2) is 34.1 Å². The lowest BCUT2D eigenvalue weighted by Gasteiger charge is -2.07. The van der Waals surface area contributed by atoms with Crippen LogP contribution in [0.4, 0.5) is 5.82 Å². The van der Waals surface area contributed by atoms with Gasteiger partial charge in [-0.25, -0.2) is 9.97 Å². The Morgan fingerprint density at radius 1 is 1.32 bits per heavy atom. The number of nitrogens with one attached hydrogen (secondary N) is 1. The van der Waals surface area contributed by atoms with Gasteiger partial charge in [-0.3, -0.25) is 9.78 Å². The van der Waals surface area contributed by atoms with Gasteiger partial charge in [0.1, 0.15) is 16.7 Å². The maximum absolute atomic E-state index is 11.3. The molecule has 0 saturated carbocycles. The van der Waals surface area contributed by atoms with Crippen LogP contribution in [0.2, 0.25) is 10.2 Å². The van der Waals surface area contributed by atoms with Crippen LogP contribution in [-0.2, 0) is 9.53 Å². The standard InChI is InChI=1S/C14H14Cl2N4O2/c1-2-22-13(21)4-6-18-12-8-11(16)19-14(20-12)10-7-9(15)3-5-17-10/h3,5,7-8H,2,4,6H2,1H3,(H,18,19,20). The summed E-state index contributed by atoms with van der Waals surface area (Å²) in [6, 6.07) is 4.88. The molecule has 22 heavy (non-hydrogen) atoms. The largest absolute Gasteiger partial charge is 0.466 e. The summed E-state index contributed by atoms with van der Waals surface area (Å²) in [4.78, 5) is 23.9. The molecule has 2 aromatic rings. The first-order chi connectivity index (χ1) is 10.6. The third kappa shape index (κ3) is 4.82. The lowest BCUT2D eigenvalue weighted by Crippen LogP contribution is -2.12. The van der Waals surface area contributed by atoms with Crippen molar-refractivity contribution in [3.8, 4) is 11.5 Å². The summed E-state index contributed by atoms with van der Waals surface area (Å²) >= 11 is 11.9. The molecule has 0 radical (unpaired) electrons. The number of ether oxygens (including phenoxy) is 1. The Balaban J connectivity index is 2.09. The zero-order valence-electron chi connectivity index (χ0n) is 11.8. The van der Waals surface area contributed by atoms with Gasteiger partial charge in [0.2, 0.25) is 0 Å². The van der Waals surface area contributed by atoms with Crippen LogP contribution in [0.1, 0.15) is 13.3 Å². The van der Waals surface area contributed by atoms with Crippen LogP contribution in [0.5, 0.6) is 0 Å². The summed E-state index contributed by atoms with van der Waals surface area (Å²) in [7, 11) is 0. The Kier molecular flexibility index (Phi) is 5.91. The monoisotopic (exact) mass is 340 g/mol. The second kappa shape index (κ2) is 7.91. The van der Waals surface area contributed by atoms with E-state index in [-0.39, 0.29) is 17.5 Å². The molecule has 0 atom stereocenters. The average Bonchev–Trinajstić information content (AvgIpc) is 2.47. The van der Waals surface area contributed by atoms with Crippen LogP contribution in [0.15, 0.2) is 24.4 Å². The van der Waals surface area contributed by atoms with Gasteiger partial charge in [-0.2, -0.15) is 0 Å². The molecule has 0 saturated heterocycles. The van der Waals surface area contributed by atoms with Crippen LogP contribution < -0.4 is 5.32 Å². The number of pyridine rings is 1. The van der Waals surface area contributed by atoms with Crippen LogP contribution >= 0.6 is 23.2 Å². The number of nitrogens with zero attached hydrogens (tertiary/aromatic N) is 3. The minimum absolute atomic E-state index is 0.236. The molecule has 0 aromatic carbocycles. The Labute approximate surface area is 137 Å². The fourth-order valence-electron chi connectivity index (χ4n) is 1.68. The fraction of sp³-hybridized carbons (Fsp3) is 0.286. The smallest absolute Gasteiger partial charge is 0.307 e. The van der Waals surface area contributed by atoms with Gasteiger partial charge in [-0.05, 0) is 19.1 Å². The van der Waals surface area contributed by atoms with E-state index in [1.165, 1.54) is 0 Å². The van der Waals surface area contributed by atoms with E-state index in [0.29, 0.717) is 35.5 Å². The summed E-state index contributed by atoms with van der Waals surface area (Å²) in [5.74, 6) is 0.585. The molecule has 0 aliphatic heterocycles. The molecule has 0 unspecified atom stereocenters. The summed E-state index contributed by atoms with van der Waals surface area (Å²) in [5, 5.41) is 3.80. The molecule has 0 fully saturated rings. The number of esters is 1. The predicted octanol–water partition coefficient (Wildman–Crippen LogP) is 3.21. The third-order valence-electron chi connectivity index (χ3n) is 2.59. The minimum atomic E-state index is -0.271. The maximum Gasteiger partial charge on any atom is 0.307 e. The average molecular weight is 341 g/mol. The Hall–Kier alpha value is -1.92. The molecule has 0 aliphatic carbocycles. The van der Waals surface area contributed by atoms with Gasteiger partial charge in [0.25, 0.3) is 0 Å². The van der Waals surface area contributed by atoms with Crippen molar-refractivity contribution in [1.29, 1.82) is 0 Å². The fourth-order valence-corrected chi connectivity index (χ4v) is 2.02. The van der Waals surface area contributed by atoms with Crippen molar-refractivity contribution in [1.82, 2.24) is 15.0 Å². The highest BCUT2D eigenvalue weighted by atomic mass is 35.5. The van der Waals surface area contributed by atoms with E-state index in [1.807, 2.05) is 0 Å². The van der Waals surface area contributed by atoms with Crippen molar-refractivity contribution in [3.05, 3.63) is 34.6 Å². The number of hydrogen-bond acceptors (Lipinski definition) is 6. The van der Waals surface area contributed by atoms with Gasteiger partial charge >= 0.3 is 5.97 Å². The number of carbonyl (C=O) groups is 1. The highest BCUT2D eigenvalue weighted by Gasteiger charge is 2.08. The topological polar surface area (TPSA) is 77.0 Å². The second-order valence-corrected chi connectivity index (χ2v) is 5.06. The second-order valence-electron chi connectivity index (χ2n) is 4.24. The first-order valence-electron chi connectivity index (χ1n) is 6.64. The van der Waals surface area contributed by atoms with Crippen molar-refractivity contribution in [2.75, 3.05) is 18.5 Å². The SMILES string of the molecule is CCOC(=O)CCNc1cc(Cl)nc(-c2cc(Cl)ccn2)n1. The zero-order chi connectivity index (χ0) is 15.9. The molecule has 2 aromatic heterocycles. The molecule has 2 rings (SSSR count). The quantitative estimate of drug-likeness (QED) is 0.642. The molecular formula is C14H14Cl2N4O2. The molecule has 1 N–H and O–H groups in total. The number of carbonyl (C=O) groups excluding carboxylic acids is 1. The number of aromatic nitrogens is 3. The molecular weight excluding hydrogens is 327 g/mol. The van der Waals surface area contributed by atoms with Gasteiger partial charge in [-0.1, -0.05) is 23.2 Å². The van der Waals surface area contributed by atoms with Gasteiger partial charge in [0.15, 0.2) is 5.82 Å². The van der Waals surface area contributed by atoms with Crippen molar-refractivity contribution in [2.45, 2.75) is 13.3 Å². The number of rotatable bonds is 6. The van der Waals surface area contributed by atoms with Crippen LogP contribution in [0.25, 0.3) is 11.5 Å². The summed E-state index contributed by atoms with van der Waals surface area (Å²) in [6.07, 6.45) is 1.80. The van der Waals surface area contributed by atoms with Crippen LogP contribution in [0.3, 0.4) is 0 Å². The summed E-state index contributed by atoms with van der Waals surface area (Å²) in [6.45, 7) is 2.51. The lowest BCUT2D eigenvalue weighted by atomic mass is 10.3. The van der Waals surface area contributed by atoms with Crippen molar-refractivity contribution >= 4 is 35.0 Å². The summed E-state index contributed by atoms with van der Waals surface area (Å²) < 4.78 is 4.85. The van der Waals surface area contributed by atoms with Crippen molar-refractivity contribution in [3.63, 3.8) is 0 Å². The minimum Gasteiger partial charge on any atom is -0.466 e. The van der Waals surface area contributed by atoms with Gasteiger partial charge in [0, 0.05) is 23.8 Å². The highest BCUT2D eigenvalue weighted by molar-refractivity contribution is 6.31. The maximum atomic E-state index is 11.3. The first kappa shape index (κ1) is 16.5. The summed E-state index contributed by atoms with van der Waals surface area (Å²) in [5.41, 5.74) is 0.517. The lowest BCUT2D eigenvalue weighted by molar-refractivity contribution is -0.142. The van der Waals surface area contributed by atoms with E-state index in [4.69, 9.17) is 27.9 Å². The van der Waals surface area contributed by atoms with Crippen LogP contribution in [0, 0.1) is 0 Å². The predicted molar refractivity (Wildman–Crippen MR) is 85.0 cm³/mol. The molecule has 116 valence electrons. The van der Waals surface area contributed by atoms with Crippen molar-refractivity contribution < 1.29 is 9.53 Å². The van der Waals surface area contributed by atoms with Crippen molar-refractivity contribution in [2.24, 2.45) is 0 Å². The Morgan fingerprint density at radius 2 is 2.14 bits per heavy atom. The molecule has 0 aliphatic rings. The van der Waals surface area contributed by atoms with Gasteiger partial charge in [-0.15, -0.1) is 0 Å². The third-order valence-corrected chi connectivity index (χ3v) is 3.02. The number of hydrogen-bond donors (Lipinski definition) is 1. The molecule has 6 nitrogen and oxygen atoms in total. The van der Waals surface area contributed by atoms with E-state index in [9.17, 15) is 4.79 Å². The first-order valence-corrected chi connectivity index (χ1v) is 7.40. The molecule has 2 heterocycles. The van der Waals surface area contributed by atoms with E-state index in [0.717, 1.165) is 0 Å². The zero-order valence-corrected chi connectivity index (χ0v) is 13.4. The van der Waals surface area contributed by atoms with E-state index in [1.54, 1.807) is 31.3 Å². The van der Waals surface area contributed by atoms with E-state index < -0.39 is 0 Å². The van der Waals surface area contributed by atoms with E-state index in [2.05, 4.69) is 20.3 Å². The Bertz CT molecular complexity index is 667.